The van der Waals surface area contributed by atoms with Gasteiger partial charge in [-0.2, -0.15) is 5.26 Å². The molecule has 67 heavy (non-hydrogen) atoms. The number of benzene rings is 3. The third-order valence-corrected chi connectivity index (χ3v) is 11.7. The van der Waals surface area contributed by atoms with Gasteiger partial charge in [0.2, 0.25) is 23.6 Å². The van der Waals surface area contributed by atoms with Crippen molar-refractivity contribution >= 4 is 29.5 Å². The van der Waals surface area contributed by atoms with Crippen molar-refractivity contribution in [1.29, 1.82) is 5.26 Å². The zero-order chi connectivity index (χ0) is 48.0. The van der Waals surface area contributed by atoms with Crippen molar-refractivity contribution in [3.05, 3.63) is 94.8 Å². The van der Waals surface area contributed by atoms with Gasteiger partial charge >= 0.3 is 0 Å². The van der Waals surface area contributed by atoms with E-state index in [1.807, 2.05) is 18.2 Å². The van der Waals surface area contributed by atoms with E-state index in [2.05, 4.69) is 43.4 Å². The van der Waals surface area contributed by atoms with E-state index in [4.69, 9.17) is 36.7 Å². The van der Waals surface area contributed by atoms with E-state index in [1.165, 1.54) is 30.6 Å². The van der Waals surface area contributed by atoms with E-state index in [0.717, 1.165) is 31.6 Å². The summed E-state index contributed by atoms with van der Waals surface area (Å²) in [5.41, 5.74) is 22.1. The Morgan fingerprint density at radius 1 is 0.910 bits per heavy atom. The molecule has 1 aromatic heterocycles. The molecule has 19 heteroatoms. The van der Waals surface area contributed by atoms with E-state index >= 15 is 0 Å². The first-order valence-corrected chi connectivity index (χ1v) is 22.3. The van der Waals surface area contributed by atoms with E-state index in [-0.39, 0.29) is 57.8 Å². The Balaban J connectivity index is 1.34. The summed E-state index contributed by atoms with van der Waals surface area (Å²) in [6.07, 6.45) is 3.34. The van der Waals surface area contributed by atoms with Crippen LogP contribution in [0, 0.1) is 18.3 Å². The van der Waals surface area contributed by atoms with E-state index in [9.17, 15) is 24.0 Å². The molecule has 4 atom stereocenters. The van der Waals surface area contributed by atoms with Crippen molar-refractivity contribution in [2.45, 2.75) is 69.6 Å². The second kappa shape index (κ2) is 23.5. The molecule has 0 saturated carbocycles. The molecule has 0 radical (unpaired) electrons. The Morgan fingerprint density at radius 2 is 1.57 bits per heavy atom. The minimum atomic E-state index is -1.40. The highest BCUT2D eigenvalue weighted by atomic mass is 16.5. The van der Waals surface area contributed by atoms with Crippen LogP contribution in [-0.2, 0) is 30.3 Å². The quantitative estimate of drug-likeness (QED) is 0.0785. The lowest BCUT2D eigenvalue weighted by Gasteiger charge is -2.32. The number of fused-ring (bicyclic) bond motifs is 5. The van der Waals surface area contributed by atoms with Crippen molar-refractivity contribution in [3.63, 3.8) is 0 Å². The van der Waals surface area contributed by atoms with E-state index < -0.39 is 53.7 Å². The topological polar surface area (TPSA) is 292 Å². The first kappa shape index (κ1) is 49.5. The lowest BCUT2D eigenvalue weighted by molar-refractivity contribution is -0.141. The Bertz CT molecular complexity index is 2460. The molecular formula is C48H59N11O8. The van der Waals surface area contributed by atoms with Crippen LogP contribution < -0.4 is 47.9 Å². The molecule has 19 nitrogen and oxygen atoms in total. The predicted octanol–water partition coefficient (Wildman–Crippen LogP) is 1.52. The van der Waals surface area contributed by atoms with Gasteiger partial charge in [0.25, 0.3) is 5.91 Å². The van der Waals surface area contributed by atoms with Crippen molar-refractivity contribution in [1.82, 2.24) is 36.1 Å². The van der Waals surface area contributed by atoms with Gasteiger partial charge in [-0.15, -0.1) is 0 Å². The predicted molar refractivity (Wildman–Crippen MR) is 248 cm³/mol. The van der Waals surface area contributed by atoms with Crippen LogP contribution in [0.2, 0.25) is 0 Å². The first-order valence-electron chi connectivity index (χ1n) is 22.3. The van der Waals surface area contributed by atoms with E-state index in [0.29, 0.717) is 51.2 Å². The minimum absolute atomic E-state index is 0.000517. The highest BCUT2D eigenvalue weighted by Gasteiger charge is 2.36. The Labute approximate surface area is 389 Å². The highest BCUT2D eigenvalue weighted by Crippen LogP contribution is 2.40. The number of carbonyl (C=O) groups is 5. The molecule has 3 heterocycles. The van der Waals surface area contributed by atoms with Gasteiger partial charge in [-0.25, -0.2) is 9.97 Å². The van der Waals surface area contributed by atoms with Crippen LogP contribution in [0.3, 0.4) is 0 Å². The molecule has 4 bridgehead atoms. The molecule has 10 N–H and O–H groups in total. The standard InChI is InChI=1S/C48H59N11O8/c1-28-37(27-54-43(55-28)33-7-5-31(6-8-33)32-13-20-65-21-14-32)45(61)57-38(12-15-49)48(64)59(3)42-34-9-11-41(67-23-18-52)36(26-34)35-24-30(4-10-40(35)66-22-17-51)25-39(46(62)53-19-16-50)58-44(60)29(2)56-47(42)63/h4-11,24,26-27,29,32,38-39,42H,12-15,17-23,25,49,51-52H2,1-3H3,(H,53,62)(H,56,63)(H,57,61)(H,58,60)/t29-,38-,39-,42-/m0/s1. The molecule has 354 valence electrons. The number of nitrogens with zero attached hydrogens (tertiary/aromatic N) is 4. The maximum absolute atomic E-state index is 14.7. The molecule has 5 amide bonds. The number of nitrogens with two attached hydrogens (primary N) is 3. The first-order chi connectivity index (χ1) is 32.4. The summed E-state index contributed by atoms with van der Waals surface area (Å²) in [7, 11) is 1.41. The maximum atomic E-state index is 14.7. The molecule has 0 spiro atoms. The van der Waals surface area contributed by atoms with Crippen LogP contribution in [0.15, 0.2) is 66.9 Å². The fourth-order valence-corrected chi connectivity index (χ4v) is 8.13. The number of rotatable bonds is 16. The molecular weight excluding hydrogens is 859 g/mol. The number of nitriles is 1. The number of ether oxygens (including phenoxy) is 3. The number of carbonyl (C=O) groups excluding carboxylic acids is 5. The largest absolute Gasteiger partial charge is 0.492 e. The average Bonchev–Trinajstić information content (AvgIpc) is 3.34. The lowest BCUT2D eigenvalue weighted by atomic mass is 9.91. The van der Waals surface area contributed by atoms with Crippen LogP contribution in [0.25, 0.3) is 22.5 Å². The van der Waals surface area contributed by atoms with Gasteiger partial charge in [0.1, 0.15) is 55.4 Å². The Morgan fingerprint density at radius 3 is 2.21 bits per heavy atom. The summed E-state index contributed by atoms with van der Waals surface area (Å²) >= 11 is 0. The third kappa shape index (κ3) is 12.3. The van der Waals surface area contributed by atoms with Gasteiger partial charge in [-0.05, 0) is 86.5 Å². The summed E-state index contributed by atoms with van der Waals surface area (Å²) in [5, 5.41) is 19.9. The summed E-state index contributed by atoms with van der Waals surface area (Å²) in [5.74, 6) is -1.73. The van der Waals surface area contributed by atoms with Gasteiger partial charge in [-0.3, -0.25) is 24.0 Å². The molecule has 2 aliphatic heterocycles. The fraction of sp³-hybridized carbons (Fsp3) is 0.417. The molecule has 0 unspecified atom stereocenters. The van der Waals surface area contributed by atoms with E-state index in [1.54, 1.807) is 43.3 Å². The van der Waals surface area contributed by atoms with Gasteiger partial charge in [-0.1, -0.05) is 36.4 Å². The van der Waals surface area contributed by atoms with Crippen molar-refractivity contribution in [2.24, 2.45) is 17.2 Å². The number of aryl methyl sites for hydroxylation is 1. The number of nitrogens with one attached hydrogen (secondary N) is 4. The Kier molecular flexibility index (Phi) is 17.3. The van der Waals surface area contributed by atoms with Crippen LogP contribution in [0.5, 0.6) is 11.5 Å². The number of likely N-dealkylation sites (N-methyl/N-ethyl adjacent to an activating group) is 1. The zero-order valence-electron chi connectivity index (χ0n) is 38.0. The monoisotopic (exact) mass is 917 g/mol. The van der Waals surface area contributed by atoms with Gasteiger partial charge in [0.05, 0.1) is 17.3 Å². The SMILES string of the molecule is Cc1nc(-c2ccc(C3CCOCC3)cc2)ncc1C(=O)N[C@@H](CCN)C(=O)N(C)[C@@H]1C(=O)N[C@@H](C)C(=O)N[C@H](C(=O)NCC#N)Cc2ccc(OCCN)c(c2)-c2cc1ccc2OCCN. The molecule has 0 aliphatic carbocycles. The zero-order valence-corrected chi connectivity index (χ0v) is 38.0. The molecule has 4 aromatic rings. The van der Waals surface area contributed by atoms with Crippen molar-refractivity contribution in [3.8, 4) is 40.1 Å². The van der Waals surface area contributed by atoms with Gasteiger partial charge < -0.3 is 57.6 Å². The number of hydrogen-bond donors (Lipinski definition) is 7. The number of aromatic nitrogens is 2. The lowest BCUT2D eigenvalue weighted by Crippen LogP contribution is -2.56. The van der Waals surface area contributed by atoms with Crippen LogP contribution in [-0.4, -0.2) is 122 Å². The van der Waals surface area contributed by atoms with Crippen molar-refractivity contribution < 1.29 is 38.2 Å². The molecule has 1 saturated heterocycles. The third-order valence-electron chi connectivity index (χ3n) is 11.7. The summed E-state index contributed by atoms with van der Waals surface area (Å²) in [6, 6.07) is 15.1. The molecule has 6 rings (SSSR count). The van der Waals surface area contributed by atoms with Crippen LogP contribution >= 0.6 is 0 Å². The van der Waals surface area contributed by atoms with Crippen molar-refractivity contribution in [2.75, 3.05) is 59.7 Å². The maximum Gasteiger partial charge on any atom is 0.255 e. The van der Waals surface area contributed by atoms with Gasteiger partial charge in [0, 0.05) is 62.7 Å². The van der Waals surface area contributed by atoms with Crippen LogP contribution in [0.1, 0.15) is 70.9 Å². The van der Waals surface area contributed by atoms with Crippen LogP contribution in [0.4, 0.5) is 0 Å². The molecule has 3 aromatic carbocycles. The normalized spacial score (nSPS) is 18.0. The summed E-state index contributed by atoms with van der Waals surface area (Å²) < 4.78 is 17.7. The highest BCUT2D eigenvalue weighted by molar-refractivity contribution is 6.00. The summed E-state index contributed by atoms with van der Waals surface area (Å²) in [6.45, 7) is 4.96. The number of hydrogen-bond acceptors (Lipinski definition) is 14. The minimum Gasteiger partial charge on any atom is -0.492 e. The molecule has 2 aliphatic rings. The second-order valence-electron chi connectivity index (χ2n) is 16.4. The number of amides is 5. The molecule has 1 fully saturated rings. The Hall–Kier alpha value is -6.98. The summed E-state index contributed by atoms with van der Waals surface area (Å²) in [4.78, 5) is 80.6. The fourth-order valence-electron chi connectivity index (χ4n) is 8.13. The van der Waals surface area contributed by atoms with Gasteiger partial charge in [0.15, 0.2) is 5.82 Å². The smallest absolute Gasteiger partial charge is 0.255 e. The second-order valence-corrected chi connectivity index (χ2v) is 16.4. The average molecular weight is 918 g/mol.